The summed E-state index contributed by atoms with van der Waals surface area (Å²) in [7, 11) is 1.61. The fraction of sp³-hybridized carbons (Fsp3) is 0.667. The number of carbonyl (C=O) groups excluding carboxylic acids is 1. The number of hydrogen-bond donors (Lipinski definition) is 1. The minimum absolute atomic E-state index is 0.00706. The fourth-order valence-corrected chi connectivity index (χ4v) is 2.00. The van der Waals surface area contributed by atoms with Crippen LogP contribution in [-0.4, -0.2) is 47.3 Å². The lowest BCUT2D eigenvalue weighted by molar-refractivity contribution is 0.0578. The van der Waals surface area contributed by atoms with E-state index in [0.717, 1.165) is 11.3 Å². The van der Waals surface area contributed by atoms with Crippen molar-refractivity contribution in [3.63, 3.8) is 0 Å². The number of rotatable bonds is 5. The smallest absolute Gasteiger partial charge is 0.285 e. The zero-order chi connectivity index (χ0) is 12.1. The Labute approximate surface area is 98.4 Å². The maximum Gasteiger partial charge on any atom is 0.285 e. The number of nitrogen functional groups attached to an aromatic ring is 1. The molecule has 90 valence electrons. The van der Waals surface area contributed by atoms with Gasteiger partial charge in [-0.05, 0) is 13.8 Å². The highest BCUT2D eigenvalue weighted by Gasteiger charge is 2.22. The van der Waals surface area contributed by atoms with Gasteiger partial charge < -0.3 is 15.4 Å². The van der Waals surface area contributed by atoms with Crippen LogP contribution >= 0.6 is 11.3 Å². The fourth-order valence-electron chi connectivity index (χ4n) is 1.43. The highest BCUT2D eigenvalue weighted by molar-refractivity contribution is 7.16. The van der Waals surface area contributed by atoms with Crippen LogP contribution in [0, 0.1) is 0 Å². The summed E-state index contributed by atoms with van der Waals surface area (Å²) in [5.41, 5.74) is 5.44. The summed E-state index contributed by atoms with van der Waals surface area (Å²) in [6.45, 7) is 4.93. The third-order valence-corrected chi connectivity index (χ3v) is 2.91. The Morgan fingerprint density at radius 1 is 1.62 bits per heavy atom. The Hall–Kier alpha value is -1.21. The Balaban J connectivity index is 2.77. The van der Waals surface area contributed by atoms with Crippen LogP contribution in [0.5, 0.6) is 0 Å². The number of methoxy groups -OCH3 is 1. The molecule has 0 saturated carbocycles. The van der Waals surface area contributed by atoms with E-state index >= 15 is 0 Å². The zero-order valence-electron chi connectivity index (χ0n) is 9.64. The molecule has 1 aromatic rings. The summed E-state index contributed by atoms with van der Waals surface area (Å²) >= 11 is 1.10. The largest absolute Gasteiger partial charge is 0.383 e. The molecular formula is C9H16N4O2S. The van der Waals surface area contributed by atoms with Gasteiger partial charge in [0.2, 0.25) is 10.1 Å². The van der Waals surface area contributed by atoms with Crippen LogP contribution < -0.4 is 5.73 Å². The van der Waals surface area contributed by atoms with Gasteiger partial charge in [-0.25, -0.2) is 0 Å². The second-order valence-corrected chi connectivity index (χ2v) is 4.35. The molecule has 2 N–H and O–H groups in total. The van der Waals surface area contributed by atoms with E-state index in [2.05, 4.69) is 10.2 Å². The lowest BCUT2D eigenvalue weighted by Crippen LogP contribution is -2.40. The van der Waals surface area contributed by atoms with E-state index in [1.165, 1.54) is 0 Å². The molecule has 1 unspecified atom stereocenters. The maximum absolute atomic E-state index is 12.0. The first-order valence-corrected chi connectivity index (χ1v) is 5.80. The van der Waals surface area contributed by atoms with Crippen LogP contribution in [0.15, 0.2) is 0 Å². The van der Waals surface area contributed by atoms with Crippen molar-refractivity contribution in [3.05, 3.63) is 5.01 Å². The molecule has 0 aromatic carbocycles. The molecule has 7 heteroatoms. The van der Waals surface area contributed by atoms with Crippen LogP contribution in [0.3, 0.4) is 0 Å². The Morgan fingerprint density at radius 2 is 2.31 bits per heavy atom. The molecule has 1 atom stereocenters. The summed E-state index contributed by atoms with van der Waals surface area (Å²) in [6.07, 6.45) is 0. The summed E-state index contributed by atoms with van der Waals surface area (Å²) in [5.74, 6) is -0.152. The molecule has 1 heterocycles. The molecule has 0 spiro atoms. The van der Waals surface area contributed by atoms with Gasteiger partial charge in [0.15, 0.2) is 0 Å². The molecule has 16 heavy (non-hydrogen) atoms. The minimum Gasteiger partial charge on any atom is -0.383 e. The zero-order valence-corrected chi connectivity index (χ0v) is 10.5. The number of nitrogens with two attached hydrogens (primary N) is 1. The number of carbonyl (C=O) groups is 1. The second kappa shape index (κ2) is 5.76. The van der Waals surface area contributed by atoms with Gasteiger partial charge in [0.1, 0.15) is 0 Å². The molecule has 0 radical (unpaired) electrons. The van der Waals surface area contributed by atoms with Crippen LogP contribution in [0.1, 0.15) is 23.6 Å². The van der Waals surface area contributed by atoms with Gasteiger partial charge in [-0.1, -0.05) is 11.3 Å². The number of hydrogen-bond acceptors (Lipinski definition) is 6. The maximum atomic E-state index is 12.0. The number of aromatic nitrogens is 2. The average Bonchev–Trinajstić information content (AvgIpc) is 2.66. The normalized spacial score (nSPS) is 12.4. The molecule has 1 rings (SSSR count). The molecule has 0 bridgehead atoms. The molecule has 6 nitrogen and oxygen atoms in total. The third-order valence-electron chi connectivity index (χ3n) is 2.17. The lowest BCUT2D eigenvalue weighted by Gasteiger charge is -2.26. The number of likely N-dealkylation sites (N-methyl/N-ethyl adjacent to an activating group) is 1. The molecule has 0 aliphatic carbocycles. The number of ether oxygens (including phenoxy) is 1. The second-order valence-electron chi connectivity index (χ2n) is 3.34. The Morgan fingerprint density at radius 3 is 2.75 bits per heavy atom. The monoisotopic (exact) mass is 244 g/mol. The number of nitrogens with zero attached hydrogens (tertiary/aromatic N) is 3. The van der Waals surface area contributed by atoms with Crippen molar-refractivity contribution in [2.24, 2.45) is 0 Å². The first-order chi connectivity index (χ1) is 7.60. The number of anilines is 1. The van der Waals surface area contributed by atoms with Crippen molar-refractivity contribution in [1.29, 1.82) is 0 Å². The molecule has 1 aromatic heterocycles. The van der Waals surface area contributed by atoms with Gasteiger partial charge in [0.05, 0.1) is 12.6 Å². The molecular weight excluding hydrogens is 228 g/mol. The summed E-state index contributed by atoms with van der Waals surface area (Å²) in [4.78, 5) is 13.7. The number of amides is 1. The van der Waals surface area contributed by atoms with Crippen LogP contribution in [0.4, 0.5) is 5.13 Å². The van der Waals surface area contributed by atoms with Gasteiger partial charge in [0, 0.05) is 13.7 Å². The standard InChI is InChI=1S/C9H16N4O2S/c1-4-13(6(2)5-15-3)8(14)7-11-12-9(10)16-7/h6H,4-5H2,1-3H3,(H2,10,12). The summed E-state index contributed by atoms with van der Waals surface area (Å²) < 4.78 is 5.03. The quantitative estimate of drug-likeness (QED) is 0.821. The topological polar surface area (TPSA) is 81.3 Å². The van der Waals surface area contributed by atoms with E-state index in [9.17, 15) is 4.79 Å². The van der Waals surface area contributed by atoms with Crippen molar-refractivity contribution < 1.29 is 9.53 Å². The lowest BCUT2D eigenvalue weighted by atomic mass is 10.3. The van der Waals surface area contributed by atoms with Crippen molar-refractivity contribution in [2.75, 3.05) is 26.0 Å². The summed E-state index contributed by atoms with van der Waals surface area (Å²) in [6, 6.07) is 0.00706. The minimum atomic E-state index is -0.152. The SMILES string of the molecule is CCN(C(=O)c1nnc(N)s1)C(C)COC. The van der Waals surface area contributed by atoms with Gasteiger partial charge in [-0.3, -0.25) is 4.79 Å². The van der Waals surface area contributed by atoms with Gasteiger partial charge in [-0.15, -0.1) is 10.2 Å². The van der Waals surface area contributed by atoms with E-state index in [-0.39, 0.29) is 11.9 Å². The molecule has 0 aliphatic rings. The van der Waals surface area contributed by atoms with Crippen LogP contribution in [-0.2, 0) is 4.74 Å². The predicted octanol–water partition coefficient (Wildman–Crippen LogP) is 0.617. The van der Waals surface area contributed by atoms with E-state index in [1.54, 1.807) is 12.0 Å². The third kappa shape index (κ3) is 2.89. The van der Waals surface area contributed by atoms with Gasteiger partial charge in [-0.2, -0.15) is 0 Å². The highest BCUT2D eigenvalue weighted by atomic mass is 32.1. The van der Waals surface area contributed by atoms with Crippen molar-refractivity contribution >= 4 is 22.4 Å². The Kier molecular flexibility index (Phi) is 4.63. The van der Waals surface area contributed by atoms with E-state index in [4.69, 9.17) is 10.5 Å². The molecule has 1 amide bonds. The van der Waals surface area contributed by atoms with Crippen molar-refractivity contribution in [2.45, 2.75) is 19.9 Å². The van der Waals surface area contributed by atoms with Gasteiger partial charge in [0.25, 0.3) is 5.91 Å². The van der Waals surface area contributed by atoms with E-state index in [1.807, 2.05) is 13.8 Å². The highest BCUT2D eigenvalue weighted by Crippen LogP contribution is 2.15. The van der Waals surface area contributed by atoms with Crippen LogP contribution in [0.25, 0.3) is 0 Å². The average molecular weight is 244 g/mol. The Bertz CT molecular complexity index is 355. The first kappa shape index (κ1) is 12.9. The van der Waals surface area contributed by atoms with Crippen LogP contribution in [0.2, 0.25) is 0 Å². The van der Waals surface area contributed by atoms with E-state index < -0.39 is 0 Å². The molecule has 0 fully saturated rings. The molecule has 0 aliphatic heterocycles. The molecule has 0 saturated heterocycles. The van der Waals surface area contributed by atoms with Crippen molar-refractivity contribution in [1.82, 2.24) is 15.1 Å². The summed E-state index contributed by atoms with van der Waals surface area (Å²) in [5, 5.41) is 7.99. The van der Waals surface area contributed by atoms with E-state index in [0.29, 0.717) is 23.3 Å². The first-order valence-electron chi connectivity index (χ1n) is 4.99. The van der Waals surface area contributed by atoms with Gasteiger partial charge >= 0.3 is 0 Å². The van der Waals surface area contributed by atoms with Crippen molar-refractivity contribution in [3.8, 4) is 0 Å². The predicted molar refractivity (Wildman–Crippen MR) is 62.4 cm³/mol.